The second-order valence-corrected chi connectivity index (χ2v) is 7.28. The Morgan fingerprint density at radius 2 is 1.59 bits per heavy atom. The van der Waals surface area contributed by atoms with E-state index < -0.39 is 35.5 Å². The van der Waals surface area contributed by atoms with Crippen LogP contribution in [-0.4, -0.2) is 50.1 Å². The average molecular weight is 447 g/mol. The number of methoxy groups -OCH3 is 1. The molecule has 0 aromatic heterocycles. The summed E-state index contributed by atoms with van der Waals surface area (Å²) in [5.74, 6) is -3.11. The van der Waals surface area contributed by atoms with Crippen LogP contribution in [0, 0.1) is 11.6 Å². The molecule has 172 valence electrons. The van der Waals surface area contributed by atoms with Gasteiger partial charge in [0.1, 0.15) is 23.7 Å². The van der Waals surface area contributed by atoms with Gasteiger partial charge in [-0.1, -0.05) is 30.3 Å². The molecule has 0 heterocycles. The van der Waals surface area contributed by atoms with Crippen molar-refractivity contribution in [2.75, 3.05) is 20.3 Å². The summed E-state index contributed by atoms with van der Waals surface area (Å²) in [6.45, 7) is 2.07. The molecule has 2 atom stereocenters. The predicted octanol–water partition coefficient (Wildman–Crippen LogP) is 1.50. The van der Waals surface area contributed by atoms with E-state index in [-0.39, 0.29) is 30.9 Å². The van der Waals surface area contributed by atoms with Gasteiger partial charge in [0.25, 0.3) is 0 Å². The number of benzene rings is 2. The summed E-state index contributed by atoms with van der Waals surface area (Å²) in [7, 11) is 1.51. The summed E-state index contributed by atoms with van der Waals surface area (Å²) in [6, 6.07) is 10.2. The van der Waals surface area contributed by atoms with Gasteiger partial charge >= 0.3 is 0 Å². The van der Waals surface area contributed by atoms with Gasteiger partial charge in [-0.15, -0.1) is 0 Å². The second-order valence-electron chi connectivity index (χ2n) is 7.28. The molecule has 0 spiro atoms. The van der Waals surface area contributed by atoms with Crippen LogP contribution in [0.2, 0.25) is 0 Å². The van der Waals surface area contributed by atoms with Gasteiger partial charge in [-0.25, -0.2) is 8.78 Å². The lowest BCUT2D eigenvalue weighted by Crippen LogP contribution is -2.54. The molecule has 0 fully saturated rings. The number of rotatable bonds is 11. The van der Waals surface area contributed by atoms with Crippen molar-refractivity contribution in [3.05, 3.63) is 71.3 Å². The van der Waals surface area contributed by atoms with Crippen molar-refractivity contribution in [1.29, 1.82) is 0 Å². The predicted molar refractivity (Wildman–Crippen MR) is 115 cm³/mol. The van der Waals surface area contributed by atoms with Gasteiger partial charge in [0.15, 0.2) is 0 Å². The van der Waals surface area contributed by atoms with Crippen LogP contribution in [0.3, 0.4) is 0 Å². The Labute approximate surface area is 185 Å². The lowest BCUT2D eigenvalue weighted by molar-refractivity contribution is -0.131. The zero-order valence-corrected chi connectivity index (χ0v) is 18.0. The molecule has 2 rings (SSSR count). The zero-order chi connectivity index (χ0) is 23.5. The van der Waals surface area contributed by atoms with E-state index in [2.05, 4.69) is 16.0 Å². The number of amides is 3. The Morgan fingerprint density at radius 1 is 0.938 bits per heavy atom. The highest BCUT2D eigenvalue weighted by Gasteiger charge is 2.24. The van der Waals surface area contributed by atoms with Crippen LogP contribution in [0.1, 0.15) is 18.1 Å². The maximum Gasteiger partial charge on any atom is 0.243 e. The highest BCUT2D eigenvalue weighted by atomic mass is 19.1. The lowest BCUT2D eigenvalue weighted by atomic mass is 10.0. The quantitative estimate of drug-likeness (QED) is 0.455. The van der Waals surface area contributed by atoms with Crippen LogP contribution in [0.5, 0.6) is 0 Å². The summed E-state index contributed by atoms with van der Waals surface area (Å²) in [5.41, 5.74) is 0.997. The largest absolute Gasteiger partial charge is 0.383 e. The van der Waals surface area contributed by atoms with Crippen LogP contribution in [0.15, 0.2) is 48.5 Å². The molecule has 2 aromatic carbocycles. The van der Waals surface area contributed by atoms with Crippen LogP contribution in [0.25, 0.3) is 0 Å². The molecule has 0 bridgehead atoms. The molecule has 2 aromatic rings. The fourth-order valence-corrected chi connectivity index (χ4v) is 3.01. The standard InChI is InChI=1S/C23H27F2N3O4/c1-15(27-21(29)13-17-10-18(24)14-19(25)11-17)22(30)28-20(23(31)26-8-9-32-2)12-16-6-4-3-5-7-16/h3-7,10-11,14-15,20H,8-9,12-13H2,1-2H3,(H,26,31)(H,27,29)(H,28,30)/t15-,20-/m0/s1. The minimum absolute atomic E-state index is 0.145. The van der Waals surface area contributed by atoms with E-state index in [0.29, 0.717) is 12.7 Å². The molecule has 3 amide bonds. The Balaban J connectivity index is 1.98. The molecule has 0 aliphatic rings. The summed E-state index contributed by atoms with van der Waals surface area (Å²) in [6.07, 6.45) is -0.0358. The molecule has 0 aliphatic heterocycles. The van der Waals surface area contributed by atoms with E-state index >= 15 is 0 Å². The summed E-state index contributed by atoms with van der Waals surface area (Å²) < 4.78 is 31.5. The van der Waals surface area contributed by atoms with E-state index in [1.165, 1.54) is 14.0 Å². The first kappa shape index (κ1) is 24.9. The molecule has 0 radical (unpaired) electrons. The van der Waals surface area contributed by atoms with Crippen molar-refractivity contribution < 1.29 is 27.9 Å². The molecule has 32 heavy (non-hydrogen) atoms. The number of carbonyl (C=O) groups excluding carboxylic acids is 3. The van der Waals surface area contributed by atoms with Gasteiger partial charge in [-0.05, 0) is 30.2 Å². The van der Waals surface area contributed by atoms with Gasteiger partial charge in [0, 0.05) is 26.1 Å². The Hall–Kier alpha value is -3.33. The third-order valence-electron chi connectivity index (χ3n) is 4.58. The Kier molecular flexibility index (Phi) is 9.75. The van der Waals surface area contributed by atoms with Gasteiger partial charge in [-0.2, -0.15) is 0 Å². The Bertz CT molecular complexity index is 904. The number of ether oxygens (including phenoxy) is 1. The highest BCUT2D eigenvalue weighted by molar-refractivity contribution is 5.92. The smallest absolute Gasteiger partial charge is 0.243 e. The second kappa shape index (κ2) is 12.5. The molecular formula is C23H27F2N3O4. The normalized spacial score (nSPS) is 12.5. The number of nitrogens with one attached hydrogen (secondary N) is 3. The fourth-order valence-electron chi connectivity index (χ4n) is 3.01. The van der Waals surface area contributed by atoms with Crippen molar-refractivity contribution in [2.45, 2.75) is 31.8 Å². The maximum atomic E-state index is 13.3. The minimum Gasteiger partial charge on any atom is -0.383 e. The van der Waals surface area contributed by atoms with Crippen LogP contribution >= 0.6 is 0 Å². The van der Waals surface area contributed by atoms with E-state index in [4.69, 9.17) is 4.74 Å². The molecule has 0 saturated carbocycles. The molecule has 0 saturated heterocycles. The molecule has 3 N–H and O–H groups in total. The van der Waals surface area contributed by atoms with Crippen LogP contribution < -0.4 is 16.0 Å². The summed E-state index contributed by atoms with van der Waals surface area (Å²) in [5, 5.41) is 7.83. The first-order chi connectivity index (χ1) is 15.3. The van der Waals surface area contributed by atoms with Crippen molar-refractivity contribution in [2.24, 2.45) is 0 Å². The van der Waals surface area contributed by atoms with Crippen LogP contribution in [0.4, 0.5) is 8.78 Å². The minimum atomic E-state index is -0.967. The average Bonchev–Trinajstić information content (AvgIpc) is 2.73. The first-order valence-corrected chi connectivity index (χ1v) is 10.1. The van der Waals surface area contributed by atoms with E-state index in [1.807, 2.05) is 30.3 Å². The molecule has 0 aliphatic carbocycles. The molecule has 7 nitrogen and oxygen atoms in total. The summed E-state index contributed by atoms with van der Waals surface area (Å²) in [4.78, 5) is 37.4. The maximum absolute atomic E-state index is 13.3. The SMILES string of the molecule is COCCNC(=O)[C@H](Cc1ccccc1)NC(=O)[C@H](C)NC(=O)Cc1cc(F)cc(F)c1. The summed E-state index contributed by atoms with van der Waals surface area (Å²) >= 11 is 0. The van der Waals surface area contributed by atoms with Gasteiger partial charge < -0.3 is 20.7 Å². The van der Waals surface area contributed by atoms with Crippen molar-refractivity contribution in [1.82, 2.24) is 16.0 Å². The number of hydrogen-bond donors (Lipinski definition) is 3. The molecule has 0 unspecified atom stereocenters. The first-order valence-electron chi connectivity index (χ1n) is 10.1. The molecule has 9 heteroatoms. The van der Waals surface area contributed by atoms with Crippen molar-refractivity contribution >= 4 is 17.7 Å². The lowest BCUT2D eigenvalue weighted by Gasteiger charge is -2.21. The number of carbonyl (C=O) groups is 3. The third-order valence-corrected chi connectivity index (χ3v) is 4.58. The van der Waals surface area contributed by atoms with Crippen LogP contribution in [-0.2, 0) is 32.0 Å². The van der Waals surface area contributed by atoms with E-state index in [1.54, 1.807) is 0 Å². The van der Waals surface area contributed by atoms with Gasteiger partial charge in [-0.3, -0.25) is 14.4 Å². The van der Waals surface area contributed by atoms with Gasteiger partial charge in [0.05, 0.1) is 13.0 Å². The topological polar surface area (TPSA) is 96.5 Å². The Morgan fingerprint density at radius 3 is 2.22 bits per heavy atom. The number of hydrogen-bond acceptors (Lipinski definition) is 4. The monoisotopic (exact) mass is 447 g/mol. The van der Waals surface area contributed by atoms with Gasteiger partial charge in [0.2, 0.25) is 17.7 Å². The van der Waals surface area contributed by atoms with Crippen molar-refractivity contribution in [3.8, 4) is 0 Å². The molecular weight excluding hydrogens is 420 g/mol. The van der Waals surface area contributed by atoms with Crippen molar-refractivity contribution in [3.63, 3.8) is 0 Å². The third kappa shape index (κ3) is 8.43. The van der Waals surface area contributed by atoms with E-state index in [9.17, 15) is 23.2 Å². The zero-order valence-electron chi connectivity index (χ0n) is 18.0. The fraction of sp³-hybridized carbons (Fsp3) is 0.348. The highest BCUT2D eigenvalue weighted by Crippen LogP contribution is 2.09. The number of halogens is 2. The van der Waals surface area contributed by atoms with E-state index in [0.717, 1.165) is 17.7 Å².